The number of alkyl halides is 6. The third-order valence-corrected chi connectivity index (χ3v) is 4.70. The average molecular weight is 360 g/mol. The van der Waals surface area contributed by atoms with Crippen molar-refractivity contribution in [3.8, 4) is 0 Å². The van der Waals surface area contributed by atoms with E-state index in [-0.39, 0.29) is 0 Å². The molecule has 132 valence electrons. The largest absolute Gasteiger partial charge is 0.468 e. The topological polar surface area (TPSA) is 61.8 Å². The molecule has 0 heterocycles. The average Bonchev–Trinajstić information content (AvgIpc) is 2.32. The van der Waals surface area contributed by atoms with E-state index in [1.165, 1.54) is 13.8 Å². The predicted molar refractivity (Wildman–Crippen MR) is 62.3 cm³/mol. The van der Waals surface area contributed by atoms with Gasteiger partial charge in [-0.25, -0.2) is 0 Å². The molecule has 0 rings (SSSR count). The van der Waals surface area contributed by atoms with Gasteiger partial charge in [-0.3, -0.25) is 18.4 Å². The Balaban J connectivity index is 5.44. The number of esters is 1. The zero-order chi connectivity index (χ0) is 17.8. The van der Waals surface area contributed by atoms with Gasteiger partial charge in [0.2, 0.25) is 0 Å². The highest BCUT2D eigenvalue weighted by atomic mass is 31.2. The Labute approximate surface area is 122 Å². The van der Waals surface area contributed by atoms with Crippen LogP contribution in [0, 0.1) is 5.92 Å². The first-order chi connectivity index (χ1) is 9.72. The lowest BCUT2D eigenvalue weighted by atomic mass is 10.1. The van der Waals surface area contributed by atoms with E-state index < -0.39 is 50.7 Å². The van der Waals surface area contributed by atoms with Crippen LogP contribution < -0.4 is 0 Å². The fourth-order valence-electron chi connectivity index (χ4n) is 1.41. The molecule has 0 saturated carbocycles. The molecule has 0 bridgehead atoms. The summed E-state index contributed by atoms with van der Waals surface area (Å²) >= 11 is 0. The molecule has 22 heavy (non-hydrogen) atoms. The molecule has 0 radical (unpaired) electrons. The van der Waals surface area contributed by atoms with Crippen LogP contribution in [0.4, 0.5) is 26.3 Å². The molecule has 0 aromatic heterocycles. The van der Waals surface area contributed by atoms with E-state index in [1.54, 1.807) is 0 Å². The van der Waals surface area contributed by atoms with E-state index in [1.807, 2.05) is 0 Å². The van der Waals surface area contributed by atoms with E-state index >= 15 is 0 Å². The van der Waals surface area contributed by atoms with Crippen LogP contribution in [0.3, 0.4) is 0 Å². The molecule has 0 saturated heterocycles. The molecule has 0 N–H and O–H groups in total. The van der Waals surface area contributed by atoms with E-state index in [0.29, 0.717) is 0 Å². The minimum Gasteiger partial charge on any atom is -0.468 e. The van der Waals surface area contributed by atoms with Crippen LogP contribution in [0.25, 0.3) is 0 Å². The molecule has 1 atom stereocenters. The molecule has 0 aliphatic heterocycles. The second-order valence-electron chi connectivity index (χ2n) is 4.53. The zero-order valence-electron chi connectivity index (χ0n) is 11.8. The van der Waals surface area contributed by atoms with E-state index in [2.05, 4.69) is 13.8 Å². The Morgan fingerprint density at radius 1 is 1.00 bits per heavy atom. The summed E-state index contributed by atoms with van der Waals surface area (Å²) in [6, 6.07) is 0. The van der Waals surface area contributed by atoms with Crippen molar-refractivity contribution in [2.45, 2.75) is 31.9 Å². The van der Waals surface area contributed by atoms with Crippen LogP contribution in [0.5, 0.6) is 0 Å². The molecule has 0 aliphatic carbocycles. The molecule has 0 aromatic rings. The number of ether oxygens (including phenoxy) is 1. The number of hydrogen-bond donors (Lipinski definition) is 0. The Hall–Kier alpha value is -0.800. The Kier molecular flexibility index (Phi) is 7.37. The van der Waals surface area contributed by atoms with E-state index in [4.69, 9.17) is 0 Å². The molecule has 0 fully saturated rings. The van der Waals surface area contributed by atoms with Crippen LogP contribution in [-0.2, 0) is 23.1 Å². The Morgan fingerprint density at radius 3 is 1.59 bits per heavy atom. The summed E-state index contributed by atoms with van der Waals surface area (Å²) in [7, 11) is -4.22. The Morgan fingerprint density at radius 2 is 1.36 bits per heavy atom. The number of rotatable bonds is 7. The van der Waals surface area contributed by atoms with Gasteiger partial charge in [-0.15, -0.1) is 0 Å². The molecule has 5 nitrogen and oxygen atoms in total. The minimum absolute atomic E-state index is 0.843. The summed E-state index contributed by atoms with van der Waals surface area (Å²) in [4.78, 5) is 11.5. The summed E-state index contributed by atoms with van der Waals surface area (Å²) < 4.78 is 97.6. The summed E-state index contributed by atoms with van der Waals surface area (Å²) in [6.45, 7) is -1.74. The summed E-state index contributed by atoms with van der Waals surface area (Å²) in [5.74, 6) is -2.23. The SMILES string of the molecule is COC(=O)C(C(C)C)P(=O)(OCC(F)(F)F)OCC(F)(F)F. The third kappa shape index (κ3) is 7.46. The number of carbonyl (C=O) groups excluding carboxylic acids is 1. The lowest BCUT2D eigenvalue weighted by molar-refractivity contribution is -0.167. The predicted octanol–water partition coefficient (Wildman–Crippen LogP) is 3.53. The van der Waals surface area contributed by atoms with Crippen molar-refractivity contribution in [3.05, 3.63) is 0 Å². The van der Waals surface area contributed by atoms with E-state index in [9.17, 15) is 35.7 Å². The third-order valence-electron chi connectivity index (χ3n) is 2.23. The molecular formula is C10H15F6O5P. The monoisotopic (exact) mass is 360 g/mol. The van der Waals surface area contributed by atoms with Crippen molar-refractivity contribution in [2.75, 3.05) is 20.3 Å². The standard InChI is InChI=1S/C10H15F6O5P/c1-6(2)7(8(17)19-3)22(18,20-4-9(11,12)13)21-5-10(14,15)16/h6-7H,4-5H2,1-3H3. The number of halogens is 6. The number of hydrogen-bond acceptors (Lipinski definition) is 5. The van der Waals surface area contributed by atoms with Gasteiger partial charge < -0.3 is 4.74 Å². The van der Waals surface area contributed by atoms with Crippen molar-refractivity contribution >= 4 is 13.6 Å². The maximum Gasteiger partial charge on any atom is 0.412 e. The van der Waals surface area contributed by atoms with E-state index in [0.717, 1.165) is 7.11 Å². The maximum atomic E-state index is 12.3. The van der Waals surface area contributed by atoms with Crippen LogP contribution >= 0.6 is 7.60 Å². The fourth-order valence-corrected chi connectivity index (χ4v) is 3.55. The zero-order valence-corrected chi connectivity index (χ0v) is 12.7. The van der Waals surface area contributed by atoms with Gasteiger partial charge in [0.05, 0.1) is 7.11 Å². The highest BCUT2D eigenvalue weighted by Gasteiger charge is 2.48. The maximum absolute atomic E-state index is 12.3. The molecule has 1 unspecified atom stereocenters. The van der Waals surface area contributed by atoms with Crippen molar-refractivity contribution < 1.29 is 49.5 Å². The second kappa shape index (κ2) is 7.65. The molecule has 0 aliphatic rings. The van der Waals surface area contributed by atoms with Crippen molar-refractivity contribution in [1.82, 2.24) is 0 Å². The highest BCUT2D eigenvalue weighted by Crippen LogP contribution is 2.57. The molecule has 12 heteroatoms. The van der Waals surface area contributed by atoms with Gasteiger partial charge in [-0.1, -0.05) is 13.8 Å². The van der Waals surface area contributed by atoms with Gasteiger partial charge in [-0.2, -0.15) is 26.3 Å². The fraction of sp³-hybridized carbons (Fsp3) is 0.900. The quantitative estimate of drug-likeness (QED) is 0.395. The summed E-state index contributed by atoms with van der Waals surface area (Å²) in [6.07, 6.45) is -9.93. The first-order valence-corrected chi connectivity index (χ1v) is 7.43. The normalized spacial score (nSPS) is 15.0. The van der Waals surface area contributed by atoms with Gasteiger partial charge in [0, 0.05) is 0 Å². The molecular weight excluding hydrogens is 345 g/mol. The van der Waals surface area contributed by atoms with Gasteiger partial charge in [0.15, 0.2) is 18.9 Å². The van der Waals surface area contributed by atoms with Gasteiger partial charge in [-0.05, 0) is 5.92 Å². The van der Waals surface area contributed by atoms with Crippen LogP contribution in [-0.4, -0.2) is 44.3 Å². The van der Waals surface area contributed by atoms with Gasteiger partial charge in [0.25, 0.3) is 0 Å². The first-order valence-electron chi connectivity index (χ1n) is 5.82. The van der Waals surface area contributed by atoms with Gasteiger partial charge >= 0.3 is 25.9 Å². The van der Waals surface area contributed by atoms with Crippen molar-refractivity contribution in [2.24, 2.45) is 5.92 Å². The first kappa shape index (κ1) is 21.2. The molecule has 0 aromatic carbocycles. The lowest BCUT2D eigenvalue weighted by Crippen LogP contribution is -2.32. The molecule has 0 spiro atoms. The lowest BCUT2D eigenvalue weighted by Gasteiger charge is -2.28. The minimum atomic E-state index is -5.07. The number of methoxy groups -OCH3 is 1. The van der Waals surface area contributed by atoms with Crippen LogP contribution in [0.1, 0.15) is 13.8 Å². The Bertz CT molecular complexity index is 397. The van der Waals surface area contributed by atoms with Crippen LogP contribution in [0.2, 0.25) is 0 Å². The second-order valence-corrected chi connectivity index (χ2v) is 6.68. The number of carbonyl (C=O) groups is 1. The molecule has 0 amide bonds. The smallest absolute Gasteiger partial charge is 0.412 e. The van der Waals surface area contributed by atoms with Crippen molar-refractivity contribution in [1.29, 1.82) is 0 Å². The van der Waals surface area contributed by atoms with Gasteiger partial charge in [0.1, 0.15) is 0 Å². The summed E-state index contributed by atoms with van der Waals surface area (Å²) in [5.41, 5.74) is -1.91. The van der Waals surface area contributed by atoms with Crippen LogP contribution in [0.15, 0.2) is 0 Å². The summed E-state index contributed by atoms with van der Waals surface area (Å²) in [5, 5.41) is 0. The highest BCUT2D eigenvalue weighted by molar-refractivity contribution is 7.55. The van der Waals surface area contributed by atoms with Crippen molar-refractivity contribution in [3.63, 3.8) is 0 Å².